The second-order valence-electron chi connectivity index (χ2n) is 14.6. The van der Waals surface area contributed by atoms with Crippen LogP contribution >= 0.6 is 0 Å². The Balaban J connectivity index is 4.43. The van der Waals surface area contributed by atoms with Crippen LogP contribution in [0.4, 0.5) is 0 Å². The Hall–Kier alpha value is -2.63. The van der Waals surface area contributed by atoms with Crippen molar-refractivity contribution < 1.29 is 28.6 Å². The Morgan fingerprint density at radius 3 is 1.28 bits per heavy atom. The van der Waals surface area contributed by atoms with E-state index in [0.29, 0.717) is 19.3 Å². The van der Waals surface area contributed by atoms with Crippen molar-refractivity contribution in [2.75, 3.05) is 13.2 Å². The second kappa shape index (κ2) is 42.1. The Bertz CT molecular complexity index is 949. The molecule has 306 valence electrons. The van der Waals surface area contributed by atoms with E-state index in [4.69, 9.17) is 14.2 Å². The van der Waals surface area contributed by atoms with Crippen LogP contribution in [0.3, 0.4) is 0 Å². The maximum Gasteiger partial charge on any atom is 0.306 e. The molecule has 0 fully saturated rings. The number of hydrogen-bond acceptors (Lipinski definition) is 6. The van der Waals surface area contributed by atoms with Gasteiger partial charge in [0.05, 0.1) is 0 Å². The van der Waals surface area contributed by atoms with Crippen LogP contribution in [0.1, 0.15) is 213 Å². The predicted octanol–water partition coefficient (Wildman–Crippen LogP) is 14.0. The molecular formula is C47H82O6. The molecule has 6 nitrogen and oxygen atoms in total. The lowest BCUT2D eigenvalue weighted by molar-refractivity contribution is -0.167. The molecule has 0 aliphatic rings. The van der Waals surface area contributed by atoms with Gasteiger partial charge in [-0.1, -0.05) is 179 Å². The normalized spacial score (nSPS) is 12.4. The number of esters is 3. The fourth-order valence-electron chi connectivity index (χ4n) is 5.97. The molecule has 53 heavy (non-hydrogen) atoms. The molecule has 6 heteroatoms. The zero-order valence-corrected chi connectivity index (χ0v) is 34.8. The molecule has 0 aliphatic carbocycles. The van der Waals surface area contributed by atoms with Crippen LogP contribution in [0.25, 0.3) is 0 Å². The molecule has 0 saturated carbocycles. The number of carbonyl (C=O) groups is 3. The highest BCUT2D eigenvalue weighted by Crippen LogP contribution is 2.14. The van der Waals surface area contributed by atoms with Crippen molar-refractivity contribution in [3.05, 3.63) is 48.6 Å². The quantitative estimate of drug-likeness (QED) is 0.0270. The number of hydrogen-bond donors (Lipinski definition) is 0. The van der Waals surface area contributed by atoms with Crippen LogP contribution in [0.15, 0.2) is 48.6 Å². The molecule has 0 aliphatic heterocycles. The number of unbranched alkanes of at least 4 members (excludes halogenated alkanes) is 20. The van der Waals surface area contributed by atoms with E-state index in [9.17, 15) is 14.4 Å². The van der Waals surface area contributed by atoms with Crippen LogP contribution < -0.4 is 0 Å². The van der Waals surface area contributed by atoms with Crippen LogP contribution in [0.2, 0.25) is 0 Å². The fourth-order valence-corrected chi connectivity index (χ4v) is 5.97. The van der Waals surface area contributed by atoms with Gasteiger partial charge in [-0.15, -0.1) is 0 Å². The van der Waals surface area contributed by atoms with Gasteiger partial charge in [0, 0.05) is 19.3 Å². The SMILES string of the molecule is CC/C=C\C/C=C\C/C=C\CCCC(=O)OC(COC(=O)CCCCCCC/C=C\CCCC)COC(=O)CCCCCCCCCCCCCCC. The monoisotopic (exact) mass is 743 g/mol. The summed E-state index contributed by atoms with van der Waals surface area (Å²) in [6.45, 7) is 6.41. The summed E-state index contributed by atoms with van der Waals surface area (Å²) in [4.78, 5) is 37.6. The lowest BCUT2D eigenvalue weighted by Gasteiger charge is -2.18. The van der Waals surface area contributed by atoms with Crippen molar-refractivity contribution in [2.24, 2.45) is 0 Å². The highest BCUT2D eigenvalue weighted by Gasteiger charge is 2.19. The predicted molar refractivity (Wildman–Crippen MR) is 224 cm³/mol. The largest absolute Gasteiger partial charge is 0.462 e. The molecule has 0 bridgehead atoms. The van der Waals surface area contributed by atoms with E-state index in [1.165, 1.54) is 96.3 Å². The molecule has 0 saturated heterocycles. The van der Waals surface area contributed by atoms with E-state index < -0.39 is 6.10 Å². The summed E-state index contributed by atoms with van der Waals surface area (Å²) >= 11 is 0. The van der Waals surface area contributed by atoms with Crippen molar-refractivity contribution in [1.29, 1.82) is 0 Å². The van der Waals surface area contributed by atoms with E-state index in [1.807, 2.05) is 0 Å². The molecule has 0 aromatic carbocycles. The van der Waals surface area contributed by atoms with Crippen LogP contribution in [0.5, 0.6) is 0 Å². The van der Waals surface area contributed by atoms with Crippen LogP contribution in [0, 0.1) is 0 Å². The molecule has 0 amide bonds. The van der Waals surface area contributed by atoms with E-state index in [0.717, 1.165) is 70.6 Å². The van der Waals surface area contributed by atoms with Gasteiger partial charge in [-0.25, -0.2) is 0 Å². The second-order valence-corrected chi connectivity index (χ2v) is 14.6. The van der Waals surface area contributed by atoms with E-state index in [-0.39, 0.29) is 37.5 Å². The maximum absolute atomic E-state index is 12.6. The third-order valence-electron chi connectivity index (χ3n) is 9.32. The maximum atomic E-state index is 12.6. The molecule has 0 heterocycles. The minimum Gasteiger partial charge on any atom is -0.462 e. The minimum atomic E-state index is -0.796. The van der Waals surface area contributed by atoms with Gasteiger partial charge in [0.2, 0.25) is 0 Å². The van der Waals surface area contributed by atoms with Crippen molar-refractivity contribution in [3.8, 4) is 0 Å². The zero-order valence-electron chi connectivity index (χ0n) is 34.8. The van der Waals surface area contributed by atoms with Gasteiger partial charge in [-0.2, -0.15) is 0 Å². The minimum absolute atomic E-state index is 0.0944. The number of allylic oxidation sites excluding steroid dienone is 8. The summed E-state index contributed by atoms with van der Waals surface area (Å²) in [6, 6.07) is 0. The lowest BCUT2D eigenvalue weighted by atomic mass is 10.0. The smallest absolute Gasteiger partial charge is 0.306 e. The van der Waals surface area contributed by atoms with Crippen molar-refractivity contribution in [2.45, 2.75) is 219 Å². The summed E-state index contributed by atoms with van der Waals surface area (Å²) in [5, 5.41) is 0. The Morgan fingerprint density at radius 2 is 0.774 bits per heavy atom. The molecular weight excluding hydrogens is 661 g/mol. The van der Waals surface area contributed by atoms with Gasteiger partial charge in [0.1, 0.15) is 13.2 Å². The van der Waals surface area contributed by atoms with Gasteiger partial charge >= 0.3 is 17.9 Å². The molecule has 1 atom stereocenters. The average molecular weight is 743 g/mol. The Kier molecular flexibility index (Phi) is 40.0. The molecule has 0 aromatic heterocycles. The average Bonchev–Trinajstić information content (AvgIpc) is 3.15. The first-order valence-corrected chi connectivity index (χ1v) is 22.1. The van der Waals surface area contributed by atoms with E-state index >= 15 is 0 Å². The molecule has 1 unspecified atom stereocenters. The first kappa shape index (κ1) is 50.4. The third kappa shape index (κ3) is 40.4. The van der Waals surface area contributed by atoms with Gasteiger partial charge in [-0.3, -0.25) is 14.4 Å². The first-order valence-electron chi connectivity index (χ1n) is 22.1. The standard InChI is InChI=1S/C47H82O6/c1-4-7-10-13-16-19-22-23-26-28-31-34-37-40-46(49)52-43-44(53-47(50)41-38-35-32-29-25-21-18-15-12-9-6-3)42-51-45(48)39-36-33-30-27-24-20-17-14-11-8-5-2/h9,12,14,17-18,21,29,32,44H,4-8,10-11,13,15-16,19-20,22-28,30-31,33-43H2,1-3H3/b12-9-,17-14-,21-18-,32-29-. The summed E-state index contributed by atoms with van der Waals surface area (Å²) in [5.74, 6) is -0.962. The molecule has 0 rings (SSSR count). The summed E-state index contributed by atoms with van der Waals surface area (Å²) in [5.41, 5.74) is 0. The Morgan fingerprint density at radius 1 is 0.396 bits per heavy atom. The number of rotatable bonds is 39. The number of ether oxygens (including phenoxy) is 3. The summed E-state index contributed by atoms with van der Waals surface area (Å²) < 4.78 is 16.6. The lowest BCUT2D eigenvalue weighted by Crippen LogP contribution is -2.30. The van der Waals surface area contributed by atoms with Gasteiger partial charge in [0.15, 0.2) is 6.10 Å². The molecule has 0 radical (unpaired) electrons. The topological polar surface area (TPSA) is 78.9 Å². The number of carbonyl (C=O) groups excluding carboxylic acids is 3. The third-order valence-corrected chi connectivity index (χ3v) is 9.32. The van der Waals surface area contributed by atoms with Crippen LogP contribution in [-0.2, 0) is 28.6 Å². The molecule has 0 N–H and O–H groups in total. The highest BCUT2D eigenvalue weighted by atomic mass is 16.6. The molecule has 0 aromatic rings. The highest BCUT2D eigenvalue weighted by molar-refractivity contribution is 5.71. The van der Waals surface area contributed by atoms with Gasteiger partial charge in [-0.05, 0) is 64.2 Å². The van der Waals surface area contributed by atoms with Gasteiger partial charge in [0.25, 0.3) is 0 Å². The summed E-state index contributed by atoms with van der Waals surface area (Å²) in [6.07, 6.45) is 48.2. The van der Waals surface area contributed by atoms with Crippen molar-refractivity contribution in [3.63, 3.8) is 0 Å². The Labute approximate surface area is 327 Å². The van der Waals surface area contributed by atoms with E-state index in [1.54, 1.807) is 0 Å². The summed E-state index contributed by atoms with van der Waals surface area (Å²) in [7, 11) is 0. The van der Waals surface area contributed by atoms with Crippen molar-refractivity contribution in [1.82, 2.24) is 0 Å². The first-order chi connectivity index (χ1) is 26.0. The fraction of sp³-hybridized carbons (Fsp3) is 0.766. The molecule has 0 spiro atoms. The van der Waals surface area contributed by atoms with Gasteiger partial charge < -0.3 is 14.2 Å². The van der Waals surface area contributed by atoms with E-state index in [2.05, 4.69) is 69.4 Å². The van der Waals surface area contributed by atoms with Crippen LogP contribution in [-0.4, -0.2) is 37.2 Å². The zero-order chi connectivity index (χ0) is 38.7. The van der Waals surface area contributed by atoms with Crippen molar-refractivity contribution >= 4 is 17.9 Å².